The smallest absolute Gasteiger partial charge is 0.291 e. The van der Waals surface area contributed by atoms with Crippen LogP contribution in [0.2, 0.25) is 0 Å². The van der Waals surface area contributed by atoms with Crippen molar-refractivity contribution in [3.05, 3.63) is 0 Å². The van der Waals surface area contributed by atoms with Crippen molar-refractivity contribution in [1.29, 1.82) is 0 Å². The zero-order valence-electron chi connectivity index (χ0n) is 2.23. The number of nitrogens with two attached hydrogens (primary N) is 3. The van der Waals surface area contributed by atoms with E-state index in [1.54, 1.807) is 0 Å². The molecule has 0 radical (unpaired) electrons. The predicted molar refractivity (Wildman–Crippen MR) is 15.3 cm³/mol. The van der Waals surface area contributed by atoms with Crippen molar-refractivity contribution in [2.24, 2.45) is 11.5 Å². The van der Waals surface area contributed by atoms with E-state index in [1.807, 2.05) is 0 Å². The molecule has 6 N–H and O–H groups in total. The average Bonchev–Trinajstić information content (AvgIpc) is 0.811. The first-order valence-corrected chi connectivity index (χ1v) is 0.866. The molecule has 24 valence electrons. The van der Waals surface area contributed by atoms with E-state index >= 15 is 0 Å². The van der Waals surface area contributed by atoms with Crippen molar-refractivity contribution < 1.29 is 5.41 Å². The normalized spacial score (nSPS) is 6.00. The van der Waals surface area contributed by atoms with E-state index in [0.717, 1.165) is 0 Å². The van der Waals surface area contributed by atoms with Gasteiger partial charge in [0.05, 0.1) is 0 Å². The lowest BCUT2D eigenvalue weighted by atomic mass is 12.4. The molecular weight excluding hydrogens is 56.0 g/mol. The fourth-order valence-electron chi connectivity index (χ4n) is 0. The molecule has 0 unspecified atom stereocenters. The molecule has 0 atom stereocenters. The van der Waals surface area contributed by atoms with Gasteiger partial charge in [0, 0.05) is 0 Å². The van der Waals surface area contributed by atoms with E-state index in [4.69, 9.17) is 0 Å². The van der Waals surface area contributed by atoms with Crippen LogP contribution in [0.25, 0.3) is 0 Å². The Bertz CT molecular complexity index is 26.3. The van der Waals surface area contributed by atoms with E-state index in [1.165, 1.54) is 0 Å². The quantitative estimate of drug-likeness (QED) is 0.207. The van der Waals surface area contributed by atoms with E-state index in [2.05, 4.69) is 16.9 Å². The molecule has 0 aliphatic heterocycles. The maximum atomic E-state index is 4.58. The summed E-state index contributed by atoms with van der Waals surface area (Å²) in [6.07, 6.45) is 0. The highest BCUT2D eigenvalue weighted by Gasteiger charge is 1.64. The molecule has 3 nitrogen and oxygen atoms in total. The van der Waals surface area contributed by atoms with E-state index in [0.29, 0.717) is 0 Å². The third-order valence-corrected chi connectivity index (χ3v) is 0. The lowest BCUT2D eigenvalue weighted by molar-refractivity contribution is -0.116. The highest BCUT2D eigenvalue weighted by Crippen LogP contribution is 0.925. The number of guanidine groups is 1. The van der Waals surface area contributed by atoms with Gasteiger partial charge in [-0.15, -0.1) is 0 Å². The van der Waals surface area contributed by atoms with Crippen LogP contribution in [0.4, 0.5) is 0 Å². The Kier molecular flexibility index (Phi) is 0.581. The lowest BCUT2D eigenvalue weighted by Gasteiger charge is -1.59. The standard InChI is InChI=1S/CH5N3/c2-1(3)4/h(H5,2,3,4)/p+1/i1+2. The predicted octanol–water partition coefficient (Wildman–Crippen LogP) is -2.98. The Morgan fingerprint density at radius 2 is 1.50 bits per heavy atom. The summed E-state index contributed by atoms with van der Waals surface area (Å²) in [6.45, 7) is 0. The van der Waals surface area contributed by atoms with Crippen molar-refractivity contribution in [2.45, 2.75) is 0 Å². The summed E-state index contributed by atoms with van der Waals surface area (Å²) < 4.78 is 0. The molecule has 0 aliphatic carbocycles. The maximum Gasteiger partial charge on any atom is 0.336 e. The summed E-state index contributed by atoms with van der Waals surface area (Å²) in [5, 5.41) is 4.58. The van der Waals surface area contributed by atoms with Crippen LogP contribution in [0, 0.1) is 0 Å². The highest BCUT2D eigenvalue weighted by atomic mass is 15.6. The molecule has 0 aliphatic rings. The summed E-state index contributed by atoms with van der Waals surface area (Å²) in [7, 11) is 0. The third kappa shape index (κ3) is 0.174. The summed E-state index contributed by atoms with van der Waals surface area (Å²) >= 11 is 0. The second-order valence-electron chi connectivity index (χ2n) is 0.500. The Labute approximate surface area is 24.1 Å². The van der Waals surface area contributed by atoms with Crippen molar-refractivity contribution in [2.75, 3.05) is 0 Å². The van der Waals surface area contributed by atoms with Crippen LogP contribution >= 0.6 is 0 Å². The van der Waals surface area contributed by atoms with Gasteiger partial charge in [0.2, 0.25) is 0 Å². The average molecular weight is 62.1 g/mol. The van der Waals surface area contributed by atoms with Gasteiger partial charge in [-0.1, -0.05) is 0 Å². The van der Waals surface area contributed by atoms with Gasteiger partial charge in [-0.2, -0.15) is 0 Å². The fourth-order valence-corrected chi connectivity index (χ4v) is 0. The minimum Gasteiger partial charge on any atom is -0.291 e. The van der Waals surface area contributed by atoms with Crippen LogP contribution in [0.15, 0.2) is 0 Å². The first kappa shape index (κ1) is 3.27. The van der Waals surface area contributed by atoms with Gasteiger partial charge in [0.1, 0.15) is 0 Å². The summed E-state index contributed by atoms with van der Waals surface area (Å²) in [4.78, 5) is 0. The summed E-state index contributed by atoms with van der Waals surface area (Å²) in [5.74, 6) is -0.0833. The molecular formula is CH6N3+. The lowest BCUT2D eigenvalue weighted by Crippen LogP contribution is -2.51. The molecule has 0 aromatic carbocycles. The molecule has 0 spiro atoms. The Morgan fingerprint density at radius 1 is 1.50 bits per heavy atom. The van der Waals surface area contributed by atoms with Gasteiger partial charge in [-0.05, 0) is 0 Å². The first-order valence-electron chi connectivity index (χ1n) is 0.866. The van der Waals surface area contributed by atoms with Gasteiger partial charge in [0.25, 0.3) is 0 Å². The third-order valence-electron chi connectivity index (χ3n) is 0. The Morgan fingerprint density at radius 3 is 1.50 bits per heavy atom. The zero-order chi connectivity index (χ0) is 3.58. The van der Waals surface area contributed by atoms with Crippen LogP contribution in [-0.2, 0) is 0 Å². The molecule has 0 bridgehead atoms. The van der Waals surface area contributed by atoms with E-state index in [-0.39, 0.29) is 5.96 Å². The molecule has 0 rings (SSSR count). The second kappa shape index (κ2) is 0.711. The molecule has 0 fully saturated rings. The van der Waals surface area contributed by atoms with Crippen LogP contribution in [0.5, 0.6) is 0 Å². The van der Waals surface area contributed by atoms with Gasteiger partial charge in [0.15, 0.2) is 0 Å². The largest absolute Gasteiger partial charge is 0.336 e. The van der Waals surface area contributed by atoms with Crippen molar-refractivity contribution in [3.8, 4) is 0 Å². The van der Waals surface area contributed by atoms with Gasteiger partial charge in [-0.25, -0.2) is 0 Å². The van der Waals surface area contributed by atoms with Gasteiger partial charge >= 0.3 is 5.96 Å². The summed E-state index contributed by atoms with van der Waals surface area (Å²) in [5.41, 5.74) is 9.17. The highest BCUT2D eigenvalue weighted by molar-refractivity contribution is 5.68. The summed E-state index contributed by atoms with van der Waals surface area (Å²) in [6, 6.07) is 0. The first-order chi connectivity index (χ1) is 1.73. The Balaban J connectivity index is 2.80. The van der Waals surface area contributed by atoms with Gasteiger partial charge < -0.3 is 0 Å². The van der Waals surface area contributed by atoms with Crippen LogP contribution in [-0.4, -0.2) is 5.96 Å². The number of rotatable bonds is 0. The molecule has 0 aromatic rings. The minimum atomic E-state index is -0.0833. The SMILES string of the molecule is N[14C](N)=[NH2+]. The fraction of sp³-hybridized carbons (Fsp3) is 0. The Hall–Kier alpha value is -0.730. The molecule has 0 saturated heterocycles. The molecule has 0 saturated carbocycles. The minimum absolute atomic E-state index is 0.0833. The van der Waals surface area contributed by atoms with Crippen LogP contribution < -0.4 is 16.9 Å². The zero-order valence-corrected chi connectivity index (χ0v) is 2.23. The van der Waals surface area contributed by atoms with Gasteiger partial charge in [-0.3, -0.25) is 16.9 Å². The van der Waals surface area contributed by atoms with E-state index < -0.39 is 0 Å². The van der Waals surface area contributed by atoms with Crippen molar-refractivity contribution in [3.63, 3.8) is 0 Å². The topological polar surface area (TPSA) is 77.6 Å². The molecule has 4 heavy (non-hydrogen) atoms. The van der Waals surface area contributed by atoms with Crippen molar-refractivity contribution in [1.82, 2.24) is 0 Å². The molecule has 0 aromatic heterocycles. The molecule has 3 heteroatoms. The number of hydrogen-bond acceptors (Lipinski definition) is 0. The monoisotopic (exact) mass is 62.1 g/mol. The van der Waals surface area contributed by atoms with Crippen LogP contribution in [0.1, 0.15) is 0 Å². The van der Waals surface area contributed by atoms with E-state index in [9.17, 15) is 0 Å². The van der Waals surface area contributed by atoms with Crippen molar-refractivity contribution >= 4 is 5.96 Å². The second-order valence-corrected chi connectivity index (χ2v) is 0.500. The number of hydrogen-bond donors (Lipinski definition) is 3. The molecule has 0 heterocycles. The maximum absolute atomic E-state index is 4.58. The van der Waals surface area contributed by atoms with Crippen LogP contribution in [0.3, 0.4) is 0 Å². The molecule has 0 amide bonds.